The molecule has 0 amide bonds. The first kappa shape index (κ1) is 21.8. The average molecular weight is 456 g/mol. The molecule has 4 rings (SSSR count). The minimum Gasteiger partial charge on any atom is -0.462 e. The molecule has 4 aromatic rings. The molecule has 1 N–H and O–H groups in total. The van der Waals surface area contributed by atoms with Gasteiger partial charge in [0.25, 0.3) is 10.0 Å². The molecule has 0 aliphatic rings. The Labute approximate surface area is 185 Å². The summed E-state index contributed by atoms with van der Waals surface area (Å²) < 4.78 is 53.1. The summed E-state index contributed by atoms with van der Waals surface area (Å²) in [6.07, 6.45) is 1.29. The number of halogens is 1. The van der Waals surface area contributed by atoms with Crippen molar-refractivity contribution in [2.24, 2.45) is 0 Å². The summed E-state index contributed by atoms with van der Waals surface area (Å²) in [5.74, 6) is -0.543. The first-order chi connectivity index (χ1) is 15.4. The molecular formula is C24H22FNO5S. The normalized spacial score (nSPS) is 11.7. The van der Waals surface area contributed by atoms with E-state index in [1.807, 2.05) is 19.1 Å². The maximum Gasteiger partial charge on any atom is 0.342 e. The van der Waals surface area contributed by atoms with Gasteiger partial charge in [-0.3, -0.25) is 4.72 Å². The fraction of sp³-hybridized carbons (Fsp3) is 0.208. The van der Waals surface area contributed by atoms with Gasteiger partial charge in [0.1, 0.15) is 22.7 Å². The number of fused-ring (bicyclic) bond motifs is 3. The lowest BCUT2D eigenvalue weighted by atomic mass is 10.0. The summed E-state index contributed by atoms with van der Waals surface area (Å²) in [4.78, 5) is 12.7. The maximum atomic E-state index is 13.3. The van der Waals surface area contributed by atoms with E-state index in [0.717, 1.165) is 18.6 Å². The molecule has 8 heteroatoms. The second-order valence-electron chi connectivity index (χ2n) is 7.28. The van der Waals surface area contributed by atoms with Crippen LogP contribution in [-0.4, -0.2) is 21.0 Å². The van der Waals surface area contributed by atoms with Gasteiger partial charge in [0, 0.05) is 22.6 Å². The standard InChI is InChI=1S/C24H22FNO5S/c1-3-7-21-22(24(27)30-4-2)19-14-20(17-8-5-6-9-18(17)23(19)31-21)26-32(28,29)16-12-10-15(25)11-13-16/h5-6,8-14,26H,3-4,7H2,1-2H3. The van der Waals surface area contributed by atoms with Crippen molar-refractivity contribution in [3.63, 3.8) is 0 Å². The Kier molecular flexibility index (Phi) is 5.88. The minimum atomic E-state index is -4.00. The quantitative estimate of drug-likeness (QED) is 0.364. The summed E-state index contributed by atoms with van der Waals surface area (Å²) >= 11 is 0. The third kappa shape index (κ3) is 3.93. The monoisotopic (exact) mass is 455 g/mol. The first-order valence-corrected chi connectivity index (χ1v) is 11.8. The lowest BCUT2D eigenvalue weighted by Crippen LogP contribution is -2.13. The van der Waals surface area contributed by atoms with Crippen LogP contribution in [0.2, 0.25) is 0 Å². The molecule has 6 nitrogen and oxygen atoms in total. The Morgan fingerprint density at radius 2 is 1.72 bits per heavy atom. The van der Waals surface area contributed by atoms with Crippen LogP contribution in [0.5, 0.6) is 0 Å². The number of benzene rings is 3. The molecule has 0 aliphatic carbocycles. The largest absolute Gasteiger partial charge is 0.462 e. The van der Waals surface area contributed by atoms with Crippen LogP contribution in [0.15, 0.2) is 63.9 Å². The molecule has 0 bridgehead atoms. The maximum absolute atomic E-state index is 13.3. The van der Waals surface area contributed by atoms with Crippen molar-refractivity contribution < 1.29 is 26.8 Å². The number of sulfonamides is 1. The van der Waals surface area contributed by atoms with E-state index < -0.39 is 21.8 Å². The van der Waals surface area contributed by atoms with E-state index >= 15 is 0 Å². The zero-order chi connectivity index (χ0) is 22.9. The van der Waals surface area contributed by atoms with Gasteiger partial charge in [-0.2, -0.15) is 0 Å². The fourth-order valence-electron chi connectivity index (χ4n) is 3.70. The van der Waals surface area contributed by atoms with Crippen LogP contribution in [0.3, 0.4) is 0 Å². The topological polar surface area (TPSA) is 85.6 Å². The lowest BCUT2D eigenvalue weighted by molar-refractivity contribution is 0.0525. The first-order valence-electron chi connectivity index (χ1n) is 10.3. The number of anilines is 1. The Hall–Kier alpha value is -3.39. The van der Waals surface area contributed by atoms with Crippen LogP contribution < -0.4 is 4.72 Å². The Bertz CT molecular complexity index is 1410. The molecule has 0 fully saturated rings. The van der Waals surface area contributed by atoms with Gasteiger partial charge in [-0.15, -0.1) is 0 Å². The van der Waals surface area contributed by atoms with Crippen LogP contribution in [0, 0.1) is 5.82 Å². The number of carbonyl (C=O) groups is 1. The molecule has 3 aromatic carbocycles. The molecule has 0 atom stereocenters. The number of hydrogen-bond donors (Lipinski definition) is 1. The minimum absolute atomic E-state index is 0.0763. The van der Waals surface area contributed by atoms with E-state index in [1.165, 1.54) is 12.1 Å². The smallest absolute Gasteiger partial charge is 0.342 e. The van der Waals surface area contributed by atoms with Crippen LogP contribution >= 0.6 is 0 Å². The Morgan fingerprint density at radius 1 is 1.03 bits per heavy atom. The number of ether oxygens (including phenoxy) is 1. The molecule has 0 radical (unpaired) electrons. The van der Waals surface area contributed by atoms with Crippen molar-refractivity contribution in [2.75, 3.05) is 11.3 Å². The summed E-state index contributed by atoms with van der Waals surface area (Å²) in [6, 6.07) is 13.3. The number of hydrogen-bond acceptors (Lipinski definition) is 5. The van der Waals surface area contributed by atoms with Crippen molar-refractivity contribution in [3.05, 3.63) is 71.7 Å². The number of rotatable bonds is 7. The lowest BCUT2D eigenvalue weighted by Gasteiger charge is -2.12. The zero-order valence-electron chi connectivity index (χ0n) is 17.6. The van der Waals surface area contributed by atoms with Crippen molar-refractivity contribution in [3.8, 4) is 0 Å². The average Bonchev–Trinajstić information content (AvgIpc) is 3.12. The second-order valence-corrected chi connectivity index (χ2v) is 8.96. The van der Waals surface area contributed by atoms with Crippen molar-refractivity contribution in [1.82, 2.24) is 0 Å². The van der Waals surface area contributed by atoms with Gasteiger partial charge in [0.15, 0.2) is 0 Å². The highest BCUT2D eigenvalue weighted by molar-refractivity contribution is 7.92. The molecule has 1 aromatic heterocycles. The second kappa shape index (κ2) is 8.63. The zero-order valence-corrected chi connectivity index (χ0v) is 18.5. The van der Waals surface area contributed by atoms with E-state index in [1.54, 1.807) is 25.1 Å². The van der Waals surface area contributed by atoms with Crippen molar-refractivity contribution in [2.45, 2.75) is 31.6 Å². The van der Waals surface area contributed by atoms with Gasteiger partial charge >= 0.3 is 5.97 Å². The van der Waals surface area contributed by atoms with Crippen LogP contribution in [0.4, 0.5) is 10.1 Å². The third-order valence-electron chi connectivity index (χ3n) is 5.09. The van der Waals surface area contributed by atoms with E-state index in [9.17, 15) is 17.6 Å². The van der Waals surface area contributed by atoms with E-state index in [0.29, 0.717) is 39.5 Å². The van der Waals surface area contributed by atoms with Crippen molar-refractivity contribution >= 4 is 43.4 Å². The molecule has 1 heterocycles. The van der Waals surface area contributed by atoms with E-state index in [4.69, 9.17) is 9.15 Å². The molecule has 0 spiro atoms. The highest BCUT2D eigenvalue weighted by Gasteiger charge is 2.25. The molecule has 166 valence electrons. The van der Waals surface area contributed by atoms with Gasteiger partial charge in [-0.25, -0.2) is 17.6 Å². The summed E-state index contributed by atoms with van der Waals surface area (Å²) in [7, 11) is -4.00. The highest BCUT2D eigenvalue weighted by atomic mass is 32.2. The predicted molar refractivity (Wildman–Crippen MR) is 121 cm³/mol. The van der Waals surface area contributed by atoms with E-state index in [2.05, 4.69) is 4.72 Å². The molecule has 0 unspecified atom stereocenters. The van der Waals surface area contributed by atoms with Gasteiger partial charge in [-0.1, -0.05) is 31.2 Å². The molecule has 32 heavy (non-hydrogen) atoms. The number of aryl methyl sites for hydroxylation is 1. The van der Waals surface area contributed by atoms with Crippen LogP contribution in [0.1, 0.15) is 36.4 Å². The van der Waals surface area contributed by atoms with Crippen molar-refractivity contribution in [1.29, 1.82) is 0 Å². The molecule has 0 saturated heterocycles. The SMILES string of the molecule is CCCc1oc2c(cc(NS(=O)(=O)c3ccc(F)cc3)c3ccccc32)c1C(=O)OCC. The van der Waals surface area contributed by atoms with Crippen LogP contribution in [0.25, 0.3) is 21.7 Å². The number of nitrogens with one attached hydrogen (secondary N) is 1. The third-order valence-corrected chi connectivity index (χ3v) is 6.47. The van der Waals surface area contributed by atoms with Gasteiger partial charge < -0.3 is 9.15 Å². The summed E-state index contributed by atoms with van der Waals surface area (Å²) in [5.41, 5.74) is 1.08. The molecule has 0 aliphatic heterocycles. The summed E-state index contributed by atoms with van der Waals surface area (Å²) in [5, 5.41) is 1.75. The van der Waals surface area contributed by atoms with E-state index in [-0.39, 0.29) is 17.2 Å². The van der Waals surface area contributed by atoms with Gasteiger partial charge in [0.2, 0.25) is 0 Å². The Balaban J connectivity index is 1.95. The van der Waals surface area contributed by atoms with Gasteiger partial charge in [0.05, 0.1) is 17.2 Å². The summed E-state index contributed by atoms with van der Waals surface area (Å²) in [6.45, 7) is 3.90. The van der Waals surface area contributed by atoms with Gasteiger partial charge in [-0.05, 0) is 43.7 Å². The molecular weight excluding hydrogens is 433 g/mol. The van der Waals surface area contributed by atoms with Crippen LogP contribution in [-0.2, 0) is 21.2 Å². The number of esters is 1. The highest BCUT2D eigenvalue weighted by Crippen LogP contribution is 2.38. The number of carbonyl (C=O) groups excluding carboxylic acids is 1. The fourth-order valence-corrected chi connectivity index (χ4v) is 4.77. The molecule has 0 saturated carbocycles. The Morgan fingerprint density at radius 3 is 2.38 bits per heavy atom. The predicted octanol–water partition coefficient (Wildman–Crippen LogP) is 5.66. The number of furan rings is 1.